The van der Waals surface area contributed by atoms with Crippen molar-refractivity contribution in [2.45, 2.75) is 6.42 Å². The first-order valence-corrected chi connectivity index (χ1v) is 3.64. The lowest BCUT2D eigenvalue weighted by Gasteiger charge is -2.09. The number of rotatable bonds is 0. The van der Waals surface area contributed by atoms with Gasteiger partial charge in [-0.3, -0.25) is 0 Å². The van der Waals surface area contributed by atoms with Gasteiger partial charge < -0.3 is 5.32 Å². The number of allylic oxidation sites excluding steroid dienone is 2. The van der Waals surface area contributed by atoms with Gasteiger partial charge in [0, 0.05) is 35.7 Å². The molecule has 0 atom stereocenters. The first-order chi connectivity index (χ1) is 5.38. The van der Waals surface area contributed by atoms with E-state index in [0.717, 1.165) is 29.0 Å². The monoisotopic (exact) mass is 149 g/mol. The normalized spacial score (nSPS) is 21.6. The molecule has 0 spiro atoms. The van der Waals surface area contributed by atoms with E-state index < -0.39 is 0 Å². The third kappa shape index (κ3) is 0.981. The van der Waals surface area contributed by atoms with Crippen LogP contribution in [0.3, 0.4) is 0 Å². The van der Waals surface area contributed by atoms with Crippen molar-refractivity contribution < 1.29 is 4.76 Å². The molecule has 0 amide bonds. The van der Waals surface area contributed by atoms with Crippen LogP contribution >= 0.6 is 0 Å². The smallest absolute Gasteiger partial charge is 0.265 e. The number of dihydropyridines is 1. The molecule has 0 aromatic heterocycles. The third-order valence-electron chi connectivity index (χ3n) is 1.83. The Labute approximate surface area is 64.7 Å². The summed E-state index contributed by atoms with van der Waals surface area (Å²) in [6, 6.07) is 0. The summed E-state index contributed by atoms with van der Waals surface area (Å²) in [5.41, 5.74) is 1.88. The van der Waals surface area contributed by atoms with Gasteiger partial charge >= 0.3 is 0 Å². The Bertz CT molecular complexity index is 286. The molecule has 0 bridgehead atoms. The zero-order valence-electron chi connectivity index (χ0n) is 6.08. The maximum atomic E-state index is 11.1. The van der Waals surface area contributed by atoms with Crippen LogP contribution in [0, 0.1) is 4.91 Å². The van der Waals surface area contributed by atoms with E-state index in [4.69, 9.17) is 0 Å². The van der Waals surface area contributed by atoms with E-state index in [0.29, 0.717) is 0 Å². The van der Waals surface area contributed by atoms with Gasteiger partial charge in [0.25, 0.3) is 5.70 Å². The summed E-state index contributed by atoms with van der Waals surface area (Å²) in [7, 11) is 0. The maximum Gasteiger partial charge on any atom is 0.265 e. The molecule has 0 saturated heterocycles. The van der Waals surface area contributed by atoms with Crippen LogP contribution in [0.4, 0.5) is 0 Å². The first kappa shape index (κ1) is 6.34. The molecule has 2 aliphatic heterocycles. The summed E-state index contributed by atoms with van der Waals surface area (Å²) in [5.74, 6) is 0. The zero-order valence-corrected chi connectivity index (χ0v) is 6.08. The summed E-state index contributed by atoms with van der Waals surface area (Å²) in [4.78, 5) is 11.1. The molecular weight excluding hydrogens is 140 g/mol. The summed E-state index contributed by atoms with van der Waals surface area (Å²) < 4.78 is 0.913. The lowest BCUT2D eigenvalue weighted by Crippen LogP contribution is -2.18. The molecule has 0 radical (unpaired) electrons. The Balaban J connectivity index is 2.42. The highest BCUT2D eigenvalue weighted by Crippen LogP contribution is 2.21. The van der Waals surface area contributed by atoms with Crippen LogP contribution in [0.5, 0.6) is 0 Å². The molecule has 2 rings (SSSR count). The fourth-order valence-electron chi connectivity index (χ4n) is 1.29. The Kier molecular flexibility index (Phi) is 1.35. The van der Waals surface area contributed by atoms with Crippen LogP contribution in [0.2, 0.25) is 0 Å². The van der Waals surface area contributed by atoms with Gasteiger partial charge in [-0.2, -0.15) is 0 Å². The molecule has 0 aromatic rings. The minimum Gasteiger partial charge on any atom is -0.387 e. The molecule has 1 N–H and O–H groups in total. The number of nitrogens with zero attached hydrogens (tertiary/aromatic N) is 1. The van der Waals surface area contributed by atoms with Gasteiger partial charge in [0.15, 0.2) is 0 Å². The van der Waals surface area contributed by atoms with Crippen molar-refractivity contribution in [2.24, 2.45) is 0 Å². The second-order valence-electron chi connectivity index (χ2n) is 2.58. The van der Waals surface area contributed by atoms with Crippen LogP contribution in [0.15, 0.2) is 35.8 Å². The molecule has 0 saturated carbocycles. The highest BCUT2D eigenvalue weighted by molar-refractivity contribution is 5.31. The van der Waals surface area contributed by atoms with Crippen LogP contribution in [-0.4, -0.2) is 11.3 Å². The average molecular weight is 149 g/mol. The van der Waals surface area contributed by atoms with Crippen LogP contribution in [0.25, 0.3) is 0 Å². The van der Waals surface area contributed by atoms with E-state index in [-0.39, 0.29) is 0 Å². The van der Waals surface area contributed by atoms with E-state index in [1.165, 1.54) is 0 Å². The number of nitroso groups, excluding NO2 is 1. The third-order valence-corrected chi connectivity index (χ3v) is 1.83. The van der Waals surface area contributed by atoms with Crippen molar-refractivity contribution in [3.63, 3.8) is 0 Å². The van der Waals surface area contributed by atoms with E-state index in [2.05, 4.69) is 5.32 Å². The summed E-state index contributed by atoms with van der Waals surface area (Å²) >= 11 is 0. The number of fused-ring (bicyclic) bond motifs is 1. The molecule has 11 heavy (non-hydrogen) atoms. The van der Waals surface area contributed by atoms with Crippen LogP contribution in [-0.2, 0) is 0 Å². The van der Waals surface area contributed by atoms with E-state index in [1.807, 2.05) is 18.4 Å². The predicted octanol–water partition coefficient (Wildman–Crippen LogP) is 1.05. The maximum absolute atomic E-state index is 11.1. The van der Waals surface area contributed by atoms with Crippen molar-refractivity contribution >= 4 is 0 Å². The molecule has 56 valence electrons. The van der Waals surface area contributed by atoms with E-state index >= 15 is 0 Å². The second-order valence-corrected chi connectivity index (χ2v) is 2.58. The Hall–Kier alpha value is -1.38. The van der Waals surface area contributed by atoms with Crippen molar-refractivity contribution in [2.75, 3.05) is 6.54 Å². The lowest BCUT2D eigenvalue weighted by atomic mass is 10.1. The second kappa shape index (κ2) is 2.34. The summed E-state index contributed by atoms with van der Waals surface area (Å²) in [5, 5.41) is 3.07. The summed E-state index contributed by atoms with van der Waals surface area (Å²) in [6.45, 7) is 0.755. The van der Waals surface area contributed by atoms with Gasteiger partial charge in [-0.25, -0.2) is 0 Å². The SMILES string of the molecule is O=[N+]1C=CCC2=CNCC=C21. The molecule has 2 heterocycles. The Morgan fingerprint density at radius 1 is 1.55 bits per heavy atom. The number of hydrogen-bond donors (Lipinski definition) is 1. The van der Waals surface area contributed by atoms with Gasteiger partial charge in [-0.05, 0) is 6.08 Å². The molecule has 0 unspecified atom stereocenters. The topological polar surface area (TPSA) is 32.1 Å². The van der Waals surface area contributed by atoms with Gasteiger partial charge in [-0.1, -0.05) is 0 Å². The molecule has 3 nitrogen and oxygen atoms in total. The van der Waals surface area contributed by atoms with Crippen LogP contribution in [0.1, 0.15) is 6.42 Å². The standard InChI is InChI=1S/C8H9N2O/c11-10-5-1-2-7-6-9-4-3-8(7)10/h1,3,5-6,9H,2,4H2/q+1. The van der Waals surface area contributed by atoms with Crippen molar-refractivity contribution in [3.05, 3.63) is 40.7 Å². The van der Waals surface area contributed by atoms with Crippen molar-refractivity contribution in [3.8, 4) is 0 Å². The average Bonchev–Trinajstić information content (AvgIpc) is 2.06. The highest BCUT2D eigenvalue weighted by atomic mass is 16.3. The van der Waals surface area contributed by atoms with E-state index in [1.54, 1.807) is 6.20 Å². The predicted molar refractivity (Wildman–Crippen MR) is 41.6 cm³/mol. The molecule has 3 heteroatoms. The largest absolute Gasteiger partial charge is 0.387 e. The molecule has 0 fully saturated rings. The van der Waals surface area contributed by atoms with Gasteiger partial charge in [0.2, 0.25) is 6.20 Å². The summed E-state index contributed by atoms with van der Waals surface area (Å²) in [6.07, 6.45) is 8.10. The molecule has 0 aliphatic carbocycles. The van der Waals surface area contributed by atoms with Gasteiger partial charge in [-0.15, -0.1) is 0 Å². The van der Waals surface area contributed by atoms with Gasteiger partial charge in [0.1, 0.15) is 0 Å². The first-order valence-electron chi connectivity index (χ1n) is 3.64. The number of hydrogen-bond acceptors (Lipinski definition) is 2. The van der Waals surface area contributed by atoms with Crippen molar-refractivity contribution in [1.29, 1.82) is 0 Å². The fraction of sp³-hybridized carbons (Fsp3) is 0.250. The zero-order chi connectivity index (χ0) is 7.68. The van der Waals surface area contributed by atoms with Gasteiger partial charge in [0.05, 0.1) is 4.76 Å². The Morgan fingerprint density at radius 3 is 3.27 bits per heavy atom. The van der Waals surface area contributed by atoms with Crippen molar-refractivity contribution in [1.82, 2.24) is 5.32 Å². The molecule has 0 aromatic carbocycles. The quantitative estimate of drug-likeness (QED) is 0.522. The Morgan fingerprint density at radius 2 is 2.45 bits per heavy atom. The van der Waals surface area contributed by atoms with E-state index in [9.17, 15) is 4.91 Å². The highest BCUT2D eigenvalue weighted by Gasteiger charge is 2.24. The van der Waals surface area contributed by atoms with Crippen LogP contribution < -0.4 is 5.32 Å². The minimum absolute atomic E-state index is 0.755. The molecule has 2 aliphatic rings. The fourth-order valence-corrected chi connectivity index (χ4v) is 1.29. The number of nitrogens with one attached hydrogen (secondary N) is 1. The minimum atomic E-state index is 0.755. The lowest BCUT2D eigenvalue weighted by molar-refractivity contribution is -0.423. The molecular formula is C8H9N2O+.